The molecule has 1 aliphatic rings. The standard InChI is InChI=1S/C27H26ClN5O/c1-32(2)17-23(18-9-12-21(34-3)13-10-18)27-31-30-25-16-29-26(19-7-5-4-6-8-19)22-15-20(28)11-14-24(22)33(25)27/h4-15,23H,16-17H2,1-3H3. The number of ether oxygens (including phenoxy) is 1. The summed E-state index contributed by atoms with van der Waals surface area (Å²) in [5.41, 5.74) is 5.05. The molecule has 1 atom stereocenters. The molecule has 0 radical (unpaired) electrons. The first-order valence-corrected chi connectivity index (χ1v) is 11.6. The molecule has 0 saturated carbocycles. The van der Waals surface area contributed by atoms with Crippen LogP contribution in [0.5, 0.6) is 5.75 Å². The van der Waals surface area contributed by atoms with E-state index >= 15 is 0 Å². The molecule has 4 aromatic rings. The Morgan fingerprint density at radius 3 is 2.47 bits per heavy atom. The summed E-state index contributed by atoms with van der Waals surface area (Å²) in [5, 5.41) is 9.93. The van der Waals surface area contributed by atoms with Gasteiger partial charge in [-0.25, -0.2) is 0 Å². The highest BCUT2D eigenvalue weighted by Crippen LogP contribution is 2.33. The lowest BCUT2D eigenvalue weighted by atomic mass is 9.96. The molecule has 0 saturated heterocycles. The van der Waals surface area contributed by atoms with E-state index in [-0.39, 0.29) is 5.92 Å². The minimum atomic E-state index is 0.00367. The Hall–Kier alpha value is -3.48. The van der Waals surface area contributed by atoms with Crippen molar-refractivity contribution in [2.24, 2.45) is 4.99 Å². The molecule has 1 unspecified atom stereocenters. The Morgan fingerprint density at radius 1 is 1.00 bits per heavy atom. The number of aliphatic imine (C=N–C) groups is 1. The molecule has 3 aromatic carbocycles. The molecule has 0 N–H and O–H groups in total. The predicted molar refractivity (Wildman–Crippen MR) is 136 cm³/mol. The van der Waals surface area contributed by atoms with Gasteiger partial charge in [-0.15, -0.1) is 10.2 Å². The van der Waals surface area contributed by atoms with Gasteiger partial charge in [-0.1, -0.05) is 54.1 Å². The summed E-state index contributed by atoms with van der Waals surface area (Å²) < 4.78 is 7.52. The maximum atomic E-state index is 6.47. The van der Waals surface area contributed by atoms with Crippen molar-refractivity contribution in [1.29, 1.82) is 0 Å². The minimum absolute atomic E-state index is 0.00367. The predicted octanol–water partition coefficient (Wildman–Crippen LogP) is 4.97. The number of hydrogen-bond donors (Lipinski definition) is 0. The fraction of sp³-hybridized carbons (Fsp3) is 0.222. The van der Waals surface area contributed by atoms with Gasteiger partial charge in [-0.2, -0.15) is 0 Å². The zero-order valence-electron chi connectivity index (χ0n) is 19.4. The molecule has 0 fully saturated rings. The quantitative estimate of drug-likeness (QED) is 0.398. The number of nitrogens with zero attached hydrogens (tertiary/aromatic N) is 5. The highest BCUT2D eigenvalue weighted by atomic mass is 35.5. The number of aromatic nitrogens is 3. The number of methoxy groups -OCH3 is 1. The van der Waals surface area contributed by atoms with Crippen molar-refractivity contribution in [2.75, 3.05) is 27.7 Å². The lowest BCUT2D eigenvalue weighted by molar-refractivity contribution is 0.384. The lowest BCUT2D eigenvalue weighted by Crippen LogP contribution is -2.24. The summed E-state index contributed by atoms with van der Waals surface area (Å²) in [4.78, 5) is 7.12. The highest BCUT2D eigenvalue weighted by molar-refractivity contribution is 6.31. The Morgan fingerprint density at radius 2 is 1.76 bits per heavy atom. The third kappa shape index (κ3) is 4.22. The highest BCUT2D eigenvalue weighted by Gasteiger charge is 2.28. The first kappa shape index (κ1) is 22.3. The second-order valence-corrected chi connectivity index (χ2v) is 9.03. The second kappa shape index (κ2) is 9.41. The molecular formula is C27H26ClN5O. The Kier molecular flexibility index (Phi) is 6.18. The van der Waals surface area contributed by atoms with Gasteiger partial charge in [0, 0.05) is 22.7 Å². The number of rotatable bonds is 6. The monoisotopic (exact) mass is 471 g/mol. The summed E-state index contributed by atoms with van der Waals surface area (Å²) in [6.45, 7) is 1.21. The maximum absolute atomic E-state index is 6.47. The third-order valence-electron chi connectivity index (χ3n) is 6.01. The third-order valence-corrected chi connectivity index (χ3v) is 6.25. The molecule has 2 heterocycles. The zero-order valence-corrected chi connectivity index (χ0v) is 20.2. The van der Waals surface area contributed by atoms with E-state index in [1.54, 1.807) is 7.11 Å². The summed E-state index contributed by atoms with van der Waals surface area (Å²) in [7, 11) is 5.82. The maximum Gasteiger partial charge on any atom is 0.159 e. The van der Waals surface area contributed by atoms with Crippen LogP contribution in [0.3, 0.4) is 0 Å². The van der Waals surface area contributed by atoms with E-state index in [4.69, 9.17) is 21.3 Å². The molecule has 34 heavy (non-hydrogen) atoms. The number of halogens is 1. The van der Waals surface area contributed by atoms with Crippen LogP contribution >= 0.6 is 11.6 Å². The average Bonchev–Trinajstić information content (AvgIpc) is 3.20. The van der Waals surface area contributed by atoms with Crippen LogP contribution in [-0.4, -0.2) is 53.1 Å². The summed E-state index contributed by atoms with van der Waals surface area (Å²) >= 11 is 6.47. The SMILES string of the molecule is COc1ccc(C(CN(C)C)c2nnc3n2-c2ccc(Cl)cc2C(c2ccccc2)=NC3)cc1. The lowest BCUT2D eigenvalue weighted by Gasteiger charge is -2.23. The molecule has 0 amide bonds. The van der Waals surface area contributed by atoms with Crippen molar-refractivity contribution in [1.82, 2.24) is 19.7 Å². The van der Waals surface area contributed by atoms with Crippen molar-refractivity contribution in [3.8, 4) is 11.4 Å². The molecule has 0 bridgehead atoms. The molecular weight excluding hydrogens is 446 g/mol. The van der Waals surface area contributed by atoms with E-state index in [2.05, 4.69) is 58.0 Å². The fourth-order valence-electron chi connectivity index (χ4n) is 4.43. The van der Waals surface area contributed by atoms with Gasteiger partial charge in [0.1, 0.15) is 18.1 Å². The zero-order chi connectivity index (χ0) is 23.7. The Bertz CT molecular complexity index is 1330. The van der Waals surface area contributed by atoms with Gasteiger partial charge in [0.05, 0.1) is 24.4 Å². The van der Waals surface area contributed by atoms with E-state index in [9.17, 15) is 0 Å². The first-order chi connectivity index (χ1) is 16.5. The minimum Gasteiger partial charge on any atom is -0.497 e. The van der Waals surface area contributed by atoms with Crippen LogP contribution in [0, 0.1) is 0 Å². The van der Waals surface area contributed by atoms with Crippen molar-refractivity contribution >= 4 is 17.3 Å². The largest absolute Gasteiger partial charge is 0.497 e. The van der Waals surface area contributed by atoms with E-state index in [0.717, 1.165) is 52.0 Å². The van der Waals surface area contributed by atoms with Crippen LogP contribution in [-0.2, 0) is 6.54 Å². The van der Waals surface area contributed by atoms with Gasteiger partial charge in [0.25, 0.3) is 0 Å². The number of hydrogen-bond acceptors (Lipinski definition) is 5. The van der Waals surface area contributed by atoms with Crippen LogP contribution in [0.15, 0.2) is 77.8 Å². The molecule has 7 heteroatoms. The molecule has 1 aromatic heterocycles. The van der Waals surface area contributed by atoms with E-state index in [1.165, 1.54) is 0 Å². The Balaban J connectivity index is 1.68. The van der Waals surface area contributed by atoms with Gasteiger partial charge >= 0.3 is 0 Å². The molecule has 5 rings (SSSR count). The Labute approximate surface area is 204 Å². The van der Waals surface area contributed by atoms with Gasteiger partial charge in [0.15, 0.2) is 5.82 Å². The second-order valence-electron chi connectivity index (χ2n) is 8.59. The summed E-state index contributed by atoms with van der Waals surface area (Å²) in [5.74, 6) is 2.51. The van der Waals surface area contributed by atoms with E-state index in [1.807, 2.05) is 48.5 Å². The normalized spacial score (nSPS) is 13.6. The molecule has 0 spiro atoms. The topological polar surface area (TPSA) is 55.5 Å². The summed E-state index contributed by atoms with van der Waals surface area (Å²) in [6.07, 6.45) is 0. The van der Waals surface area contributed by atoms with Gasteiger partial charge in [-0.05, 0) is 50.0 Å². The average molecular weight is 472 g/mol. The van der Waals surface area contributed by atoms with Crippen molar-refractivity contribution < 1.29 is 4.74 Å². The van der Waals surface area contributed by atoms with E-state index < -0.39 is 0 Å². The van der Waals surface area contributed by atoms with Crippen LogP contribution in [0.25, 0.3) is 5.69 Å². The van der Waals surface area contributed by atoms with Crippen LogP contribution in [0.1, 0.15) is 34.3 Å². The first-order valence-electron chi connectivity index (χ1n) is 11.2. The molecule has 1 aliphatic heterocycles. The van der Waals surface area contributed by atoms with Gasteiger partial charge in [0.2, 0.25) is 0 Å². The summed E-state index contributed by atoms with van der Waals surface area (Å²) in [6, 6.07) is 24.3. The van der Waals surface area contributed by atoms with Gasteiger partial charge < -0.3 is 9.64 Å². The number of fused-ring (bicyclic) bond motifs is 3. The number of benzene rings is 3. The number of likely N-dealkylation sites (N-methyl/N-ethyl adjacent to an activating group) is 1. The van der Waals surface area contributed by atoms with Gasteiger partial charge in [-0.3, -0.25) is 9.56 Å². The van der Waals surface area contributed by atoms with Crippen molar-refractivity contribution in [3.05, 3.63) is 106 Å². The smallest absolute Gasteiger partial charge is 0.159 e. The van der Waals surface area contributed by atoms with Crippen LogP contribution < -0.4 is 4.74 Å². The van der Waals surface area contributed by atoms with E-state index in [0.29, 0.717) is 11.6 Å². The van der Waals surface area contributed by atoms with Crippen LogP contribution in [0.4, 0.5) is 0 Å². The van der Waals surface area contributed by atoms with Crippen molar-refractivity contribution in [3.63, 3.8) is 0 Å². The fourth-order valence-corrected chi connectivity index (χ4v) is 4.60. The molecule has 172 valence electrons. The molecule has 6 nitrogen and oxygen atoms in total. The van der Waals surface area contributed by atoms with Crippen molar-refractivity contribution in [2.45, 2.75) is 12.5 Å². The van der Waals surface area contributed by atoms with Crippen LogP contribution in [0.2, 0.25) is 5.02 Å². The molecule has 0 aliphatic carbocycles.